The number of aliphatic carboxylic acids is 1. The number of hydrogen-bond acceptors (Lipinski definition) is 5. The molecule has 0 aliphatic rings. The van der Waals surface area contributed by atoms with Crippen LogP contribution in [-0.2, 0) is 4.79 Å². The van der Waals surface area contributed by atoms with Crippen LogP contribution in [0.2, 0.25) is 0 Å². The quantitative estimate of drug-likeness (QED) is 0.152. The highest BCUT2D eigenvalue weighted by Gasteiger charge is 2.16. The van der Waals surface area contributed by atoms with E-state index in [0.717, 1.165) is 28.2 Å². The number of ether oxygens (including phenoxy) is 2. The fraction of sp³-hybridized carbons (Fsp3) is 0.0882. The fourth-order valence-corrected chi connectivity index (χ4v) is 4.48. The van der Waals surface area contributed by atoms with Gasteiger partial charge in [-0.1, -0.05) is 60.7 Å². The first-order chi connectivity index (χ1) is 20.4. The predicted molar refractivity (Wildman–Crippen MR) is 162 cm³/mol. The molecule has 0 radical (unpaired) electrons. The van der Waals surface area contributed by atoms with Gasteiger partial charge in [0, 0.05) is 11.3 Å². The molecule has 4 aromatic carbocycles. The van der Waals surface area contributed by atoms with Crippen molar-refractivity contribution >= 4 is 18.1 Å². The van der Waals surface area contributed by atoms with E-state index in [1.807, 2.05) is 48.5 Å². The molecule has 5 rings (SSSR count). The van der Waals surface area contributed by atoms with Crippen molar-refractivity contribution in [3.63, 3.8) is 0 Å². The van der Waals surface area contributed by atoms with Crippen LogP contribution in [0.4, 0.5) is 0 Å². The maximum atomic E-state index is 12.8. The molecule has 0 unspecified atom stereocenters. The average molecular weight is 560 g/mol. The Hall–Kier alpha value is -5.63. The van der Waals surface area contributed by atoms with E-state index in [0.29, 0.717) is 22.6 Å². The summed E-state index contributed by atoms with van der Waals surface area (Å²) in [7, 11) is 1.46. The van der Waals surface area contributed by atoms with Gasteiger partial charge in [-0.25, -0.2) is 10.2 Å². The molecule has 1 amide bonds. The van der Waals surface area contributed by atoms with Gasteiger partial charge in [0.15, 0.2) is 17.6 Å². The molecule has 42 heavy (non-hydrogen) atoms. The number of carbonyl (C=O) groups excluding carboxylic acids is 1. The van der Waals surface area contributed by atoms with Gasteiger partial charge in [-0.2, -0.15) is 5.10 Å². The van der Waals surface area contributed by atoms with E-state index in [1.54, 1.807) is 30.3 Å². The number of aromatic nitrogens is 1. The molecule has 0 fully saturated rings. The van der Waals surface area contributed by atoms with E-state index in [-0.39, 0.29) is 5.91 Å². The summed E-state index contributed by atoms with van der Waals surface area (Å²) in [6.07, 6.45) is 0.438. The predicted octanol–water partition coefficient (Wildman–Crippen LogP) is 6.44. The number of nitrogens with zero attached hydrogens (tertiary/aromatic N) is 2. The minimum atomic E-state index is -1.08. The van der Waals surface area contributed by atoms with Gasteiger partial charge in [0.25, 0.3) is 5.91 Å². The number of hydrogen-bond donors (Lipinski definition) is 2. The van der Waals surface area contributed by atoms with Crippen LogP contribution in [0.25, 0.3) is 28.2 Å². The summed E-state index contributed by atoms with van der Waals surface area (Å²) in [5.74, 6) is -0.801. The molecule has 0 aliphatic heterocycles. The van der Waals surface area contributed by atoms with Gasteiger partial charge in [0.1, 0.15) is 0 Å². The van der Waals surface area contributed by atoms with Crippen molar-refractivity contribution < 1.29 is 24.2 Å². The lowest BCUT2D eigenvalue weighted by atomic mass is 10.1. The highest BCUT2D eigenvalue weighted by molar-refractivity contribution is 5.95. The standard InChI is InChI=1S/C34H29N3O5/c1-23(34(39)40)42-31-20-13-24(21-32(31)41-2)22-35-36-33(38)27-14-16-28(17-15-27)37-29(25-9-5-3-6-10-25)18-19-30(37)26-11-7-4-8-12-26/h3-23H,1-2H3,(H,36,38)(H,39,40)/b35-22-/t23-/m1/s1. The van der Waals surface area contributed by atoms with Crippen molar-refractivity contribution in [1.82, 2.24) is 9.99 Å². The fourth-order valence-electron chi connectivity index (χ4n) is 4.48. The Morgan fingerprint density at radius 1 is 0.810 bits per heavy atom. The monoisotopic (exact) mass is 559 g/mol. The second kappa shape index (κ2) is 12.7. The number of carboxylic acid groups (broad SMARTS) is 1. The van der Waals surface area contributed by atoms with Gasteiger partial charge in [0.2, 0.25) is 0 Å². The Labute approximate surface area is 243 Å². The first-order valence-corrected chi connectivity index (χ1v) is 13.3. The molecule has 0 aliphatic carbocycles. The zero-order valence-electron chi connectivity index (χ0n) is 23.1. The molecule has 5 aromatic rings. The summed E-state index contributed by atoms with van der Waals surface area (Å²) >= 11 is 0. The Balaban J connectivity index is 1.34. The van der Waals surface area contributed by atoms with Crippen LogP contribution in [-0.4, -0.2) is 41.0 Å². The van der Waals surface area contributed by atoms with Crippen LogP contribution in [0.5, 0.6) is 11.5 Å². The van der Waals surface area contributed by atoms with Crippen LogP contribution in [0.15, 0.2) is 120 Å². The van der Waals surface area contributed by atoms with Crippen LogP contribution in [0, 0.1) is 0 Å². The summed E-state index contributed by atoms with van der Waals surface area (Å²) in [5.41, 5.74) is 8.81. The molecule has 0 spiro atoms. The van der Waals surface area contributed by atoms with E-state index in [1.165, 1.54) is 20.2 Å². The molecule has 0 saturated carbocycles. The molecular weight excluding hydrogens is 530 g/mol. The van der Waals surface area contributed by atoms with Gasteiger partial charge < -0.3 is 19.1 Å². The summed E-state index contributed by atoms with van der Waals surface area (Å²) in [6.45, 7) is 1.43. The Bertz CT molecular complexity index is 1650. The number of nitrogens with one attached hydrogen (secondary N) is 1. The van der Waals surface area contributed by atoms with E-state index in [2.05, 4.69) is 51.5 Å². The third-order valence-electron chi connectivity index (χ3n) is 6.63. The molecule has 1 atom stereocenters. The zero-order valence-corrected chi connectivity index (χ0v) is 23.1. The topological polar surface area (TPSA) is 102 Å². The lowest BCUT2D eigenvalue weighted by Gasteiger charge is -2.15. The molecule has 0 bridgehead atoms. The molecule has 0 saturated heterocycles. The third-order valence-corrected chi connectivity index (χ3v) is 6.63. The highest BCUT2D eigenvalue weighted by atomic mass is 16.5. The van der Waals surface area contributed by atoms with Crippen LogP contribution in [0.1, 0.15) is 22.8 Å². The van der Waals surface area contributed by atoms with E-state index in [9.17, 15) is 9.59 Å². The van der Waals surface area contributed by atoms with Gasteiger partial charge in [-0.05, 0) is 78.2 Å². The number of amides is 1. The largest absolute Gasteiger partial charge is 0.493 e. The van der Waals surface area contributed by atoms with Crippen molar-refractivity contribution in [3.8, 4) is 39.7 Å². The molecule has 1 aromatic heterocycles. The van der Waals surface area contributed by atoms with Crippen molar-refractivity contribution in [2.24, 2.45) is 5.10 Å². The first kappa shape index (κ1) is 27.9. The summed E-state index contributed by atoms with van der Waals surface area (Å²) in [6, 6.07) is 36.8. The number of methoxy groups -OCH3 is 1. The lowest BCUT2D eigenvalue weighted by Crippen LogP contribution is -2.23. The average Bonchev–Trinajstić information content (AvgIpc) is 3.48. The van der Waals surface area contributed by atoms with Crippen molar-refractivity contribution in [2.75, 3.05) is 7.11 Å². The second-order valence-electron chi connectivity index (χ2n) is 9.43. The van der Waals surface area contributed by atoms with E-state index >= 15 is 0 Å². The summed E-state index contributed by atoms with van der Waals surface area (Å²) in [5, 5.41) is 13.1. The molecule has 1 heterocycles. The normalized spacial score (nSPS) is 11.7. The molecular formula is C34H29N3O5. The Morgan fingerprint density at radius 2 is 1.40 bits per heavy atom. The third kappa shape index (κ3) is 6.23. The maximum absolute atomic E-state index is 12.8. The summed E-state index contributed by atoms with van der Waals surface area (Å²) in [4.78, 5) is 23.9. The van der Waals surface area contributed by atoms with E-state index < -0.39 is 12.1 Å². The zero-order chi connectivity index (χ0) is 29.5. The molecule has 8 heteroatoms. The SMILES string of the molecule is COc1cc(/C=N\NC(=O)c2ccc(-n3c(-c4ccccc4)ccc3-c3ccccc3)cc2)ccc1O[C@H](C)C(=O)O. The maximum Gasteiger partial charge on any atom is 0.344 e. The van der Waals surface area contributed by atoms with Crippen LogP contribution >= 0.6 is 0 Å². The molecule has 2 N–H and O–H groups in total. The van der Waals surface area contributed by atoms with E-state index in [4.69, 9.17) is 14.6 Å². The van der Waals surface area contributed by atoms with Crippen molar-refractivity contribution in [2.45, 2.75) is 13.0 Å². The lowest BCUT2D eigenvalue weighted by molar-refractivity contribution is -0.144. The second-order valence-corrected chi connectivity index (χ2v) is 9.43. The number of hydrazone groups is 1. The number of carboxylic acids is 1. The smallest absolute Gasteiger partial charge is 0.344 e. The van der Waals surface area contributed by atoms with Gasteiger partial charge >= 0.3 is 5.97 Å². The van der Waals surface area contributed by atoms with Gasteiger partial charge in [-0.3, -0.25) is 4.79 Å². The molecule has 8 nitrogen and oxygen atoms in total. The highest BCUT2D eigenvalue weighted by Crippen LogP contribution is 2.32. The minimum absolute atomic E-state index is 0.294. The Kier molecular flexibility index (Phi) is 8.44. The molecule has 210 valence electrons. The minimum Gasteiger partial charge on any atom is -0.493 e. The van der Waals surface area contributed by atoms with Crippen LogP contribution < -0.4 is 14.9 Å². The number of rotatable bonds is 10. The summed E-state index contributed by atoms with van der Waals surface area (Å²) < 4.78 is 12.9. The van der Waals surface area contributed by atoms with Gasteiger partial charge in [0.05, 0.1) is 24.7 Å². The Morgan fingerprint density at radius 3 is 1.95 bits per heavy atom. The number of benzene rings is 4. The van der Waals surface area contributed by atoms with Crippen molar-refractivity contribution in [3.05, 3.63) is 126 Å². The number of carbonyl (C=O) groups is 2. The van der Waals surface area contributed by atoms with Gasteiger partial charge in [-0.15, -0.1) is 0 Å². The van der Waals surface area contributed by atoms with Crippen molar-refractivity contribution in [1.29, 1.82) is 0 Å². The van der Waals surface area contributed by atoms with Crippen LogP contribution in [0.3, 0.4) is 0 Å². The first-order valence-electron chi connectivity index (χ1n) is 13.3.